The molecule has 142 valence electrons. The van der Waals surface area contributed by atoms with Gasteiger partial charge in [0.15, 0.2) is 5.96 Å². The van der Waals surface area contributed by atoms with Gasteiger partial charge in [-0.05, 0) is 51.8 Å². The molecular formula is C20H30N4OS. The van der Waals surface area contributed by atoms with Crippen LogP contribution < -0.4 is 16.2 Å². The second-order valence-electron chi connectivity index (χ2n) is 6.63. The number of nitrogens with one attached hydrogen (secondary N) is 2. The minimum Gasteiger partial charge on any atom is -0.356 e. The molecule has 0 aliphatic heterocycles. The molecule has 0 radical (unpaired) electrons. The molecule has 26 heavy (non-hydrogen) atoms. The van der Waals surface area contributed by atoms with Crippen LogP contribution in [0.3, 0.4) is 0 Å². The maximum absolute atomic E-state index is 11.9. The van der Waals surface area contributed by atoms with Gasteiger partial charge in [-0.25, -0.2) is 0 Å². The summed E-state index contributed by atoms with van der Waals surface area (Å²) < 4.78 is 1.83. The lowest BCUT2D eigenvalue weighted by atomic mass is 10.2. The van der Waals surface area contributed by atoms with Gasteiger partial charge in [-0.15, -0.1) is 11.3 Å². The summed E-state index contributed by atoms with van der Waals surface area (Å²) in [5.74, 6) is 0.832. The fraction of sp³-hybridized carbons (Fsp3) is 0.500. The summed E-state index contributed by atoms with van der Waals surface area (Å²) in [6.45, 7) is 7.88. The van der Waals surface area contributed by atoms with E-state index < -0.39 is 0 Å². The van der Waals surface area contributed by atoms with Crippen LogP contribution in [0.25, 0.3) is 0 Å². The van der Waals surface area contributed by atoms with Crippen LogP contribution in [0.4, 0.5) is 0 Å². The van der Waals surface area contributed by atoms with Gasteiger partial charge >= 0.3 is 0 Å². The highest BCUT2D eigenvalue weighted by Gasteiger charge is 2.07. The third kappa shape index (κ3) is 6.33. The number of nitrogens with zero attached hydrogens (tertiary/aromatic N) is 2. The van der Waals surface area contributed by atoms with Crippen molar-refractivity contribution in [3.63, 3.8) is 0 Å². The van der Waals surface area contributed by atoms with Gasteiger partial charge in [0.1, 0.15) is 0 Å². The van der Waals surface area contributed by atoms with Crippen LogP contribution in [0.2, 0.25) is 0 Å². The Balaban J connectivity index is 1.69. The first kappa shape index (κ1) is 20.2. The average Bonchev–Trinajstić information content (AvgIpc) is 3.00. The summed E-state index contributed by atoms with van der Waals surface area (Å²) >= 11 is 1.85. The molecule has 2 aromatic heterocycles. The molecule has 0 aliphatic carbocycles. The third-order valence-electron chi connectivity index (χ3n) is 4.28. The van der Waals surface area contributed by atoms with E-state index in [4.69, 9.17) is 0 Å². The van der Waals surface area contributed by atoms with E-state index in [1.165, 1.54) is 9.75 Å². The number of guanidine groups is 1. The lowest BCUT2D eigenvalue weighted by Crippen LogP contribution is -2.43. The van der Waals surface area contributed by atoms with Crippen LogP contribution in [0.15, 0.2) is 40.1 Å². The van der Waals surface area contributed by atoms with Crippen LogP contribution in [0.1, 0.15) is 35.2 Å². The van der Waals surface area contributed by atoms with Crippen LogP contribution in [0, 0.1) is 13.8 Å². The molecule has 1 atom stereocenters. The second-order valence-corrected chi connectivity index (χ2v) is 8.00. The number of aromatic nitrogens is 1. The predicted molar refractivity (Wildman–Crippen MR) is 111 cm³/mol. The van der Waals surface area contributed by atoms with Crippen molar-refractivity contribution in [2.45, 2.75) is 52.6 Å². The lowest BCUT2D eigenvalue weighted by Gasteiger charge is -2.17. The van der Waals surface area contributed by atoms with E-state index in [1.54, 1.807) is 13.1 Å². The standard InChI is InChI=1S/C20H30N4OS/c1-15(14-18-11-10-17(3)26-18)23-20(21-4)22-12-5-6-13-24-16(2)8-7-9-19(24)25/h7-11,15H,5-6,12-14H2,1-4H3,(H2,21,22,23). The first-order valence-corrected chi connectivity index (χ1v) is 10.00. The van der Waals surface area contributed by atoms with Crippen LogP contribution >= 0.6 is 11.3 Å². The molecule has 0 spiro atoms. The maximum atomic E-state index is 11.9. The highest BCUT2D eigenvalue weighted by atomic mass is 32.1. The van der Waals surface area contributed by atoms with Crippen molar-refractivity contribution in [2.75, 3.05) is 13.6 Å². The van der Waals surface area contributed by atoms with Gasteiger partial charge in [-0.2, -0.15) is 0 Å². The summed E-state index contributed by atoms with van der Waals surface area (Å²) in [6.07, 6.45) is 2.94. The zero-order valence-corrected chi connectivity index (χ0v) is 17.0. The molecule has 1 unspecified atom stereocenters. The Hall–Kier alpha value is -2.08. The van der Waals surface area contributed by atoms with Gasteiger partial charge in [0.2, 0.25) is 0 Å². The maximum Gasteiger partial charge on any atom is 0.250 e. The van der Waals surface area contributed by atoms with E-state index in [-0.39, 0.29) is 5.56 Å². The number of aryl methyl sites for hydroxylation is 2. The Morgan fingerprint density at radius 2 is 2.04 bits per heavy atom. The van der Waals surface area contributed by atoms with Crippen molar-refractivity contribution in [2.24, 2.45) is 4.99 Å². The first-order chi connectivity index (χ1) is 12.5. The van der Waals surface area contributed by atoms with Gasteiger partial charge in [-0.1, -0.05) is 6.07 Å². The normalized spacial score (nSPS) is 12.8. The molecule has 0 fully saturated rings. The van der Waals surface area contributed by atoms with E-state index in [9.17, 15) is 4.79 Å². The van der Waals surface area contributed by atoms with Crippen molar-refractivity contribution < 1.29 is 0 Å². The highest BCUT2D eigenvalue weighted by Crippen LogP contribution is 2.16. The van der Waals surface area contributed by atoms with Crippen molar-refractivity contribution in [1.29, 1.82) is 0 Å². The minimum atomic E-state index is 0.0769. The smallest absolute Gasteiger partial charge is 0.250 e. The Morgan fingerprint density at radius 1 is 1.23 bits per heavy atom. The molecular weight excluding hydrogens is 344 g/mol. The highest BCUT2D eigenvalue weighted by molar-refractivity contribution is 7.11. The first-order valence-electron chi connectivity index (χ1n) is 9.18. The predicted octanol–water partition coefficient (Wildman–Crippen LogP) is 3.10. The molecule has 2 heterocycles. The summed E-state index contributed by atoms with van der Waals surface area (Å²) in [5, 5.41) is 6.80. The van der Waals surface area contributed by atoms with E-state index in [0.717, 1.165) is 44.0 Å². The SMILES string of the molecule is CN=C(NCCCCn1c(C)cccc1=O)NC(C)Cc1ccc(C)s1. The Labute approximate surface area is 160 Å². The largest absolute Gasteiger partial charge is 0.356 e. The Kier molecular flexibility index (Phi) is 7.91. The molecule has 0 bridgehead atoms. The van der Waals surface area contributed by atoms with E-state index in [2.05, 4.69) is 41.6 Å². The molecule has 0 saturated heterocycles. The fourth-order valence-corrected chi connectivity index (χ4v) is 3.91. The molecule has 0 saturated carbocycles. The molecule has 6 heteroatoms. The van der Waals surface area contributed by atoms with Crippen molar-refractivity contribution in [1.82, 2.24) is 15.2 Å². The van der Waals surface area contributed by atoms with E-state index >= 15 is 0 Å². The van der Waals surface area contributed by atoms with Gasteiger partial charge in [0.05, 0.1) is 0 Å². The quantitative estimate of drug-likeness (QED) is 0.424. The summed E-state index contributed by atoms with van der Waals surface area (Å²) in [6, 6.07) is 10.1. The molecule has 0 aliphatic rings. The average molecular weight is 375 g/mol. The second kappa shape index (κ2) is 10.2. The van der Waals surface area contributed by atoms with Crippen molar-refractivity contribution in [3.05, 3.63) is 56.1 Å². The summed E-state index contributed by atoms with van der Waals surface area (Å²) in [4.78, 5) is 18.9. The van der Waals surface area contributed by atoms with E-state index in [1.807, 2.05) is 35.0 Å². The number of unbranched alkanes of at least 4 members (excludes halogenated alkanes) is 1. The number of hydrogen-bond acceptors (Lipinski definition) is 3. The van der Waals surface area contributed by atoms with Gasteiger partial charge in [0, 0.05) is 54.1 Å². The molecule has 0 aromatic carbocycles. The monoisotopic (exact) mass is 374 g/mol. The van der Waals surface area contributed by atoms with Crippen LogP contribution in [-0.2, 0) is 13.0 Å². The summed E-state index contributed by atoms with van der Waals surface area (Å²) in [7, 11) is 1.80. The number of aliphatic imine (C=N–C) groups is 1. The van der Waals surface area contributed by atoms with Crippen molar-refractivity contribution >= 4 is 17.3 Å². The Bertz CT molecular complexity index is 778. The Morgan fingerprint density at radius 3 is 2.69 bits per heavy atom. The third-order valence-corrected chi connectivity index (χ3v) is 5.30. The van der Waals surface area contributed by atoms with Crippen LogP contribution in [0.5, 0.6) is 0 Å². The molecule has 2 N–H and O–H groups in total. The fourth-order valence-electron chi connectivity index (χ4n) is 2.89. The van der Waals surface area contributed by atoms with Gasteiger partial charge in [-0.3, -0.25) is 9.79 Å². The minimum absolute atomic E-state index is 0.0769. The topological polar surface area (TPSA) is 58.4 Å². The van der Waals surface area contributed by atoms with Gasteiger partial charge < -0.3 is 15.2 Å². The number of hydrogen-bond donors (Lipinski definition) is 2. The zero-order valence-electron chi connectivity index (χ0n) is 16.2. The molecule has 2 rings (SSSR count). The van der Waals surface area contributed by atoms with Crippen LogP contribution in [-0.4, -0.2) is 30.2 Å². The number of thiophene rings is 1. The van der Waals surface area contributed by atoms with Gasteiger partial charge in [0.25, 0.3) is 5.56 Å². The molecule has 2 aromatic rings. The molecule has 0 amide bonds. The lowest BCUT2D eigenvalue weighted by molar-refractivity contribution is 0.571. The zero-order chi connectivity index (χ0) is 18.9. The van der Waals surface area contributed by atoms with E-state index in [0.29, 0.717) is 6.04 Å². The number of rotatable bonds is 8. The number of pyridine rings is 1. The van der Waals surface area contributed by atoms with Crippen molar-refractivity contribution in [3.8, 4) is 0 Å². The summed E-state index contributed by atoms with van der Waals surface area (Å²) in [5.41, 5.74) is 1.09. The molecule has 5 nitrogen and oxygen atoms in total.